The highest BCUT2D eigenvalue weighted by atomic mass is 16.5. The van der Waals surface area contributed by atoms with Crippen LogP contribution in [0.4, 0.5) is 11.4 Å². The lowest BCUT2D eigenvalue weighted by molar-refractivity contribution is -0.141. The van der Waals surface area contributed by atoms with Crippen molar-refractivity contribution in [3.05, 3.63) is 53.2 Å². The summed E-state index contributed by atoms with van der Waals surface area (Å²) < 4.78 is 22.3. The summed E-state index contributed by atoms with van der Waals surface area (Å²) in [5.41, 5.74) is 3.55. The van der Waals surface area contributed by atoms with Crippen LogP contribution >= 0.6 is 0 Å². The minimum atomic E-state index is -0.626. The number of para-hydroxylation sites is 2. The van der Waals surface area contributed by atoms with Crippen molar-refractivity contribution in [2.45, 2.75) is 39.7 Å². The molecule has 0 radical (unpaired) electrons. The molecule has 1 unspecified atom stereocenters. The van der Waals surface area contributed by atoms with Gasteiger partial charge in [-0.2, -0.15) is 0 Å². The first-order chi connectivity index (χ1) is 17.2. The zero-order valence-corrected chi connectivity index (χ0v) is 21.8. The molecule has 1 aliphatic carbocycles. The second-order valence-corrected chi connectivity index (χ2v) is 9.73. The van der Waals surface area contributed by atoms with Crippen LogP contribution in [-0.4, -0.2) is 46.2 Å². The molecule has 8 heteroatoms. The van der Waals surface area contributed by atoms with E-state index in [4.69, 9.17) is 18.9 Å². The number of anilines is 2. The van der Waals surface area contributed by atoms with Gasteiger partial charge in [0.15, 0.2) is 17.3 Å². The van der Waals surface area contributed by atoms with E-state index in [1.807, 2.05) is 35.2 Å². The second-order valence-electron chi connectivity index (χ2n) is 9.73. The number of nitrogens with one attached hydrogen (secondary N) is 1. The maximum absolute atomic E-state index is 13.8. The van der Waals surface area contributed by atoms with Crippen LogP contribution in [-0.2, 0) is 14.3 Å². The normalized spacial score (nSPS) is 18.4. The SMILES string of the molecule is CCOC(=O)CN1c2ccccc2NC2=C(C(=O)CC(C)(C)C2)C1c1ccc(OC)c(OC)c1OC. The Bertz CT molecular complexity index is 1200. The molecule has 0 saturated carbocycles. The topological polar surface area (TPSA) is 86.3 Å². The van der Waals surface area contributed by atoms with E-state index in [9.17, 15) is 9.59 Å². The number of allylic oxidation sites excluding steroid dienone is 1. The van der Waals surface area contributed by atoms with Gasteiger partial charge in [0.25, 0.3) is 0 Å². The molecule has 0 aromatic heterocycles. The monoisotopic (exact) mass is 494 g/mol. The van der Waals surface area contributed by atoms with Crippen LogP contribution in [0, 0.1) is 5.41 Å². The van der Waals surface area contributed by atoms with E-state index >= 15 is 0 Å². The zero-order chi connectivity index (χ0) is 26.0. The maximum Gasteiger partial charge on any atom is 0.325 e. The summed E-state index contributed by atoms with van der Waals surface area (Å²) in [5, 5.41) is 3.54. The number of fused-ring (bicyclic) bond motifs is 1. The number of nitrogens with zero attached hydrogens (tertiary/aromatic N) is 1. The van der Waals surface area contributed by atoms with Gasteiger partial charge in [-0.3, -0.25) is 9.59 Å². The Balaban J connectivity index is 2.03. The Morgan fingerprint density at radius 2 is 1.75 bits per heavy atom. The van der Waals surface area contributed by atoms with Crippen LogP contribution in [0.1, 0.15) is 45.2 Å². The molecule has 192 valence electrons. The van der Waals surface area contributed by atoms with Gasteiger partial charge in [0, 0.05) is 23.3 Å². The molecule has 8 nitrogen and oxygen atoms in total. The molecule has 1 N–H and O–H groups in total. The fourth-order valence-electron chi connectivity index (χ4n) is 5.24. The van der Waals surface area contributed by atoms with Crippen molar-refractivity contribution >= 4 is 23.1 Å². The Morgan fingerprint density at radius 1 is 1.03 bits per heavy atom. The number of hydrogen-bond acceptors (Lipinski definition) is 8. The summed E-state index contributed by atoms with van der Waals surface area (Å²) in [4.78, 5) is 28.6. The van der Waals surface area contributed by atoms with Crippen molar-refractivity contribution < 1.29 is 28.5 Å². The highest BCUT2D eigenvalue weighted by molar-refractivity contribution is 6.02. The van der Waals surface area contributed by atoms with Crippen LogP contribution in [0.2, 0.25) is 0 Å². The van der Waals surface area contributed by atoms with Crippen molar-refractivity contribution in [2.24, 2.45) is 5.41 Å². The van der Waals surface area contributed by atoms with Crippen LogP contribution in [0.15, 0.2) is 47.7 Å². The molecule has 2 aromatic carbocycles. The number of esters is 1. The summed E-state index contributed by atoms with van der Waals surface area (Å²) in [7, 11) is 4.66. The lowest BCUT2D eigenvalue weighted by Crippen LogP contribution is -2.39. The lowest BCUT2D eigenvalue weighted by atomic mass is 9.73. The Labute approximate surface area is 212 Å². The van der Waals surface area contributed by atoms with Crippen molar-refractivity contribution in [3.63, 3.8) is 0 Å². The molecular weight excluding hydrogens is 460 g/mol. The molecule has 0 saturated heterocycles. The fraction of sp³-hybridized carbons (Fsp3) is 0.429. The molecule has 1 heterocycles. The summed E-state index contributed by atoms with van der Waals surface area (Å²) in [6.45, 7) is 6.17. The number of carbonyl (C=O) groups is 2. The number of carbonyl (C=O) groups excluding carboxylic acids is 2. The highest BCUT2D eigenvalue weighted by Gasteiger charge is 2.43. The number of benzene rings is 2. The number of hydrogen-bond donors (Lipinski definition) is 1. The lowest BCUT2D eigenvalue weighted by Gasteiger charge is -2.38. The van der Waals surface area contributed by atoms with Crippen molar-refractivity contribution in [1.82, 2.24) is 0 Å². The van der Waals surface area contributed by atoms with Crippen LogP contribution in [0.5, 0.6) is 17.2 Å². The minimum Gasteiger partial charge on any atom is -0.493 e. The van der Waals surface area contributed by atoms with Gasteiger partial charge in [-0.15, -0.1) is 0 Å². The third-order valence-corrected chi connectivity index (χ3v) is 6.64. The number of ether oxygens (including phenoxy) is 4. The summed E-state index contributed by atoms with van der Waals surface area (Å²) in [6.07, 6.45) is 1.07. The van der Waals surface area contributed by atoms with Crippen molar-refractivity contribution in [3.8, 4) is 17.2 Å². The molecule has 4 rings (SSSR count). The first-order valence-electron chi connectivity index (χ1n) is 12.1. The zero-order valence-electron chi connectivity index (χ0n) is 21.8. The first kappa shape index (κ1) is 25.4. The molecule has 36 heavy (non-hydrogen) atoms. The average molecular weight is 495 g/mol. The number of rotatable bonds is 7. The maximum atomic E-state index is 13.8. The van der Waals surface area contributed by atoms with E-state index in [1.54, 1.807) is 34.3 Å². The minimum absolute atomic E-state index is 0.0252. The molecule has 2 aliphatic rings. The van der Waals surface area contributed by atoms with E-state index in [0.29, 0.717) is 41.2 Å². The van der Waals surface area contributed by atoms with E-state index in [1.165, 1.54) is 0 Å². The predicted octanol–water partition coefficient (Wildman–Crippen LogP) is 4.89. The smallest absolute Gasteiger partial charge is 0.325 e. The predicted molar refractivity (Wildman–Crippen MR) is 138 cm³/mol. The van der Waals surface area contributed by atoms with Gasteiger partial charge in [-0.05, 0) is 43.0 Å². The van der Waals surface area contributed by atoms with E-state index in [0.717, 1.165) is 17.1 Å². The summed E-state index contributed by atoms with van der Waals surface area (Å²) in [5.74, 6) is 1.01. The average Bonchev–Trinajstić information content (AvgIpc) is 2.96. The molecule has 1 atom stereocenters. The molecule has 0 bridgehead atoms. The van der Waals surface area contributed by atoms with Crippen molar-refractivity contribution in [1.29, 1.82) is 0 Å². The van der Waals surface area contributed by atoms with Crippen LogP contribution in [0.25, 0.3) is 0 Å². The third-order valence-electron chi connectivity index (χ3n) is 6.64. The van der Waals surface area contributed by atoms with Gasteiger partial charge < -0.3 is 29.2 Å². The number of ketones is 1. The summed E-state index contributed by atoms with van der Waals surface area (Å²) >= 11 is 0. The Morgan fingerprint density at radius 3 is 2.42 bits per heavy atom. The molecule has 0 spiro atoms. The molecule has 0 amide bonds. The standard InChI is InChI=1S/C28H34N2O6/c1-7-36-23(32)16-30-20-11-9-8-10-18(20)29-19-14-28(2,3)15-21(31)24(19)25(30)17-12-13-22(33-4)27(35-6)26(17)34-5/h8-13,25,29H,7,14-16H2,1-6H3. The molecular formula is C28H34N2O6. The first-order valence-corrected chi connectivity index (χ1v) is 12.1. The highest BCUT2D eigenvalue weighted by Crippen LogP contribution is 2.52. The van der Waals surface area contributed by atoms with Gasteiger partial charge in [0.2, 0.25) is 5.75 Å². The fourth-order valence-corrected chi connectivity index (χ4v) is 5.24. The van der Waals surface area contributed by atoms with Gasteiger partial charge in [0.05, 0.1) is 45.4 Å². The van der Waals surface area contributed by atoms with Crippen molar-refractivity contribution in [2.75, 3.05) is 44.7 Å². The number of Topliss-reactive ketones (excluding diaryl/α,β-unsaturated/α-hetero) is 1. The van der Waals surface area contributed by atoms with E-state index < -0.39 is 6.04 Å². The van der Waals surface area contributed by atoms with Gasteiger partial charge >= 0.3 is 5.97 Å². The molecule has 1 aliphatic heterocycles. The van der Waals surface area contributed by atoms with E-state index in [2.05, 4.69) is 19.2 Å². The van der Waals surface area contributed by atoms with Crippen LogP contribution in [0.3, 0.4) is 0 Å². The molecule has 2 aromatic rings. The Kier molecular flexibility index (Phi) is 7.15. The van der Waals surface area contributed by atoms with Crippen LogP contribution < -0.4 is 24.4 Å². The van der Waals surface area contributed by atoms with Gasteiger partial charge in [0.1, 0.15) is 6.54 Å². The van der Waals surface area contributed by atoms with E-state index in [-0.39, 0.29) is 30.3 Å². The van der Waals surface area contributed by atoms with Gasteiger partial charge in [-0.25, -0.2) is 0 Å². The third kappa shape index (κ3) is 4.59. The Hall–Kier alpha value is -3.68. The van der Waals surface area contributed by atoms with Gasteiger partial charge in [-0.1, -0.05) is 26.0 Å². The number of methoxy groups -OCH3 is 3. The quantitative estimate of drug-likeness (QED) is 0.545. The second kappa shape index (κ2) is 10.1. The summed E-state index contributed by atoms with van der Waals surface area (Å²) in [6, 6.07) is 10.8. The molecule has 0 fully saturated rings. The largest absolute Gasteiger partial charge is 0.493 e.